The Labute approximate surface area is 228 Å². The minimum absolute atomic E-state index is 0.649. The minimum Gasteiger partial charge on any atom is -0.309 e. The monoisotopic (exact) mass is 552 g/mol. The van der Waals surface area contributed by atoms with E-state index in [0.717, 1.165) is 26.9 Å². The summed E-state index contributed by atoms with van der Waals surface area (Å²) >= 11 is 3.64. The summed E-state index contributed by atoms with van der Waals surface area (Å²) in [6.07, 6.45) is 0. The summed E-state index contributed by atoms with van der Waals surface area (Å²) in [4.78, 5) is 14.5. The fraction of sp³-hybridized carbons (Fsp3) is 0. The molecule has 0 bridgehead atoms. The first kappa shape index (κ1) is 22.6. The van der Waals surface area contributed by atoms with Crippen LogP contribution in [0.15, 0.2) is 132 Å². The lowest BCUT2D eigenvalue weighted by Gasteiger charge is -2.10. The summed E-state index contributed by atoms with van der Waals surface area (Å²) in [6, 6.07) is 43.5. The molecule has 0 aliphatic rings. The van der Waals surface area contributed by atoms with Gasteiger partial charge in [-0.1, -0.05) is 94.8 Å². The molecular formula is C33H21BrN4. The number of hydrogen-bond acceptors (Lipinski definition) is 3. The van der Waals surface area contributed by atoms with Gasteiger partial charge in [-0.3, -0.25) is 0 Å². The van der Waals surface area contributed by atoms with Gasteiger partial charge in [0, 0.05) is 37.6 Å². The molecule has 0 atom stereocenters. The zero-order valence-corrected chi connectivity index (χ0v) is 21.9. The maximum atomic E-state index is 4.87. The van der Waals surface area contributed by atoms with E-state index in [-0.39, 0.29) is 0 Å². The van der Waals surface area contributed by atoms with Gasteiger partial charge in [0.1, 0.15) is 0 Å². The smallest absolute Gasteiger partial charge is 0.164 e. The molecule has 5 heteroatoms. The van der Waals surface area contributed by atoms with E-state index in [4.69, 9.17) is 15.0 Å². The molecule has 0 N–H and O–H groups in total. The molecule has 0 aliphatic carbocycles. The van der Waals surface area contributed by atoms with Crippen LogP contribution >= 0.6 is 15.9 Å². The van der Waals surface area contributed by atoms with Crippen molar-refractivity contribution in [1.29, 1.82) is 0 Å². The minimum atomic E-state index is 0.649. The number of benzene rings is 5. The molecule has 4 nitrogen and oxygen atoms in total. The molecule has 5 aromatic carbocycles. The summed E-state index contributed by atoms with van der Waals surface area (Å²) in [7, 11) is 0. The van der Waals surface area contributed by atoms with E-state index >= 15 is 0 Å². The van der Waals surface area contributed by atoms with Crippen LogP contribution in [0.5, 0.6) is 0 Å². The van der Waals surface area contributed by atoms with Crippen LogP contribution < -0.4 is 0 Å². The van der Waals surface area contributed by atoms with Gasteiger partial charge >= 0.3 is 0 Å². The molecule has 0 saturated carbocycles. The van der Waals surface area contributed by atoms with E-state index in [1.165, 1.54) is 21.8 Å². The quantitative estimate of drug-likeness (QED) is 0.219. The van der Waals surface area contributed by atoms with Gasteiger partial charge in [0.2, 0.25) is 0 Å². The highest BCUT2D eigenvalue weighted by molar-refractivity contribution is 9.10. The topological polar surface area (TPSA) is 43.6 Å². The van der Waals surface area contributed by atoms with E-state index in [2.05, 4.69) is 87.2 Å². The van der Waals surface area contributed by atoms with Gasteiger partial charge in [0.15, 0.2) is 17.5 Å². The molecule has 0 radical (unpaired) electrons. The summed E-state index contributed by atoms with van der Waals surface area (Å²) in [5, 5.41) is 2.45. The van der Waals surface area contributed by atoms with Crippen LogP contribution in [0.25, 0.3) is 61.7 Å². The SMILES string of the molecule is Brc1ccc2c(c1)c1ccccc1n2-c1ccc(-c2nc(-c3ccccc3)nc(-c3ccccc3)n2)cc1. The van der Waals surface area contributed by atoms with Gasteiger partial charge < -0.3 is 4.57 Å². The number of aromatic nitrogens is 4. The van der Waals surface area contributed by atoms with Crippen molar-refractivity contribution >= 4 is 37.7 Å². The summed E-state index contributed by atoms with van der Waals surface area (Å²) < 4.78 is 3.38. The normalized spacial score (nSPS) is 11.3. The number of para-hydroxylation sites is 1. The molecular weight excluding hydrogens is 532 g/mol. The standard InChI is InChI=1S/C33H21BrN4/c34-25-17-20-30-28(21-25)27-13-7-8-14-29(27)38(30)26-18-15-24(16-19-26)33-36-31(22-9-3-1-4-10-22)35-32(37-33)23-11-5-2-6-12-23/h1-21H. The molecule has 0 aliphatic heterocycles. The molecule has 38 heavy (non-hydrogen) atoms. The first-order valence-electron chi connectivity index (χ1n) is 12.4. The van der Waals surface area contributed by atoms with Crippen LogP contribution in [-0.2, 0) is 0 Å². The molecule has 2 aromatic heterocycles. The van der Waals surface area contributed by atoms with Crippen molar-refractivity contribution in [2.75, 3.05) is 0 Å². The van der Waals surface area contributed by atoms with E-state index in [1.54, 1.807) is 0 Å². The van der Waals surface area contributed by atoms with Crippen molar-refractivity contribution in [3.05, 3.63) is 132 Å². The highest BCUT2D eigenvalue weighted by Gasteiger charge is 2.14. The second kappa shape index (κ2) is 9.36. The molecule has 0 unspecified atom stereocenters. The van der Waals surface area contributed by atoms with Gasteiger partial charge in [-0.25, -0.2) is 15.0 Å². The average Bonchev–Trinajstić information content (AvgIpc) is 3.31. The van der Waals surface area contributed by atoms with Crippen LogP contribution in [0.4, 0.5) is 0 Å². The molecule has 180 valence electrons. The van der Waals surface area contributed by atoms with Gasteiger partial charge in [-0.2, -0.15) is 0 Å². The Morgan fingerprint density at radius 1 is 0.447 bits per heavy atom. The fourth-order valence-corrected chi connectivity index (χ4v) is 5.28. The Bertz CT molecular complexity index is 1850. The predicted molar refractivity (Wildman–Crippen MR) is 158 cm³/mol. The van der Waals surface area contributed by atoms with Gasteiger partial charge in [0.05, 0.1) is 11.0 Å². The first-order valence-corrected chi connectivity index (χ1v) is 13.2. The van der Waals surface area contributed by atoms with E-state index in [1.807, 2.05) is 60.7 Å². The Kier molecular flexibility index (Phi) is 5.56. The largest absolute Gasteiger partial charge is 0.309 e. The Balaban J connectivity index is 1.37. The van der Waals surface area contributed by atoms with Gasteiger partial charge in [-0.05, 0) is 48.5 Å². The van der Waals surface area contributed by atoms with Crippen LogP contribution in [0.3, 0.4) is 0 Å². The number of hydrogen-bond donors (Lipinski definition) is 0. The molecule has 0 fully saturated rings. The predicted octanol–water partition coefficient (Wildman–Crippen LogP) is 8.73. The lowest BCUT2D eigenvalue weighted by Crippen LogP contribution is -2.00. The van der Waals surface area contributed by atoms with Crippen molar-refractivity contribution in [2.24, 2.45) is 0 Å². The second-order valence-corrected chi connectivity index (χ2v) is 10.0. The third-order valence-electron chi connectivity index (χ3n) is 6.72. The highest BCUT2D eigenvalue weighted by atomic mass is 79.9. The van der Waals surface area contributed by atoms with E-state index in [9.17, 15) is 0 Å². The van der Waals surface area contributed by atoms with Crippen molar-refractivity contribution in [3.8, 4) is 39.9 Å². The maximum absolute atomic E-state index is 4.87. The lowest BCUT2D eigenvalue weighted by molar-refractivity contribution is 1.07. The van der Waals surface area contributed by atoms with Crippen LogP contribution in [-0.4, -0.2) is 19.5 Å². The first-order chi connectivity index (χ1) is 18.7. The third kappa shape index (κ3) is 3.98. The molecule has 7 aromatic rings. The van der Waals surface area contributed by atoms with Crippen LogP contribution in [0.1, 0.15) is 0 Å². The van der Waals surface area contributed by atoms with Crippen molar-refractivity contribution in [2.45, 2.75) is 0 Å². The van der Waals surface area contributed by atoms with Crippen molar-refractivity contribution < 1.29 is 0 Å². The summed E-state index contributed by atoms with van der Waals surface area (Å²) in [5.41, 5.74) is 6.28. The van der Waals surface area contributed by atoms with Crippen molar-refractivity contribution in [1.82, 2.24) is 19.5 Å². The summed E-state index contributed by atoms with van der Waals surface area (Å²) in [6.45, 7) is 0. The Morgan fingerprint density at radius 2 is 0.947 bits per heavy atom. The number of rotatable bonds is 4. The number of nitrogens with zero attached hydrogens (tertiary/aromatic N) is 4. The Morgan fingerprint density at radius 3 is 1.55 bits per heavy atom. The lowest BCUT2D eigenvalue weighted by atomic mass is 10.1. The molecule has 0 amide bonds. The maximum Gasteiger partial charge on any atom is 0.164 e. The summed E-state index contributed by atoms with van der Waals surface area (Å²) in [5.74, 6) is 1.97. The van der Waals surface area contributed by atoms with E-state index < -0.39 is 0 Å². The molecule has 0 spiro atoms. The third-order valence-corrected chi connectivity index (χ3v) is 7.21. The molecule has 2 heterocycles. The second-order valence-electron chi connectivity index (χ2n) is 9.10. The zero-order chi connectivity index (χ0) is 25.5. The van der Waals surface area contributed by atoms with Crippen molar-refractivity contribution in [3.63, 3.8) is 0 Å². The fourth-order valence-electron chi connectivity index (χ4n) is 4.92. The van der Waals surface area contributed by atoms with Crippen LogP contribution in [0, 0.1) is 0 Å². The molecule has 7 rings (SSSR count). The Hall–Kier alpha value is -4.61. The number of halogens is 1. The highest BCUT2D eigenvalue weighted by Crippen LogP contribution is 2.34. The molecule has 0 saturated heterocycles. The van der Waals surface area contributed by atoms with Crippen LogP contribution in [0.2, 0.25) is 0 Å². The van der Waals surface area contributed by atoms with E-state index in [0.29, 0.717) is 17.5 Å². The number of fused-ring (bicyclic) bond motifs is 3. The van der Waals surface area contributed by atoms with Gasteiger partial charge in [0.25, 0.3) is 0 Å². The average molecular weight is 553 g/mol. The van der Waals surface area contributed by atoms with Gasteiger partial charge in [-0.15, -0.1) is 0 Å². The zero-order valence-electron chi connectivity index (χ0n) is 20.3.